The van der Waals surface area contributed by atoms with Gasteiger partial charge in [0.15, 0.2) is 0 Å². The molecule has 0 bridgehead atoms. The van der Waals surface area contributed by atoms with Gasteiger partial charge in [-0.1, -0.05) is 24.3 Å². The molecule has 4 rings (SSSR count). The molecule has 1 amide bonds. The normalized spacial score (nSPS) is 14.1. The van der Waals surface area contributed by atoms with Crippen molar-refractivity contribution in [1.82, 2.24) is 14.8 Å². The number of hydrogen-bond acceptors (Lipinski definition) is 4. The SMILES string of the molecule is O=C(Nc1ccccc1N1CCCCC1)c1ccc(Cn2cncn2)cc1. The number of anilines is 2. The molecule has 138 valence electrons. The summed E-state index contributed by atoms with van der Waals surface area (Å²) in [7, 11) is 0. The summed E-state index contributed by atoms with van der Waals surface area (Å²) in [5.74, 6) is -0.0910. The number of aromatic nitrogens is 3. The lowest BCUT2D eigenvalue weighted by Gasteiger charge is -2.30. The van der Waals surface area contributed by atoms with Gasteiger partial charge in [0.05, 0.1) is 17.9 Å². The van der Waals surface area contributed by atoms with Gasteiger partial charge >= 0.3 is 0 Å². The van der Waals surface area contributed by atoms with Gasteiger partial charge in [-0.05, 0) is 49.1 Å². The van der Waals surface area contributed by atoms with Crippen LogP contribution in [0.1, 0.15) is 35.2 Å². The van der Waals surface area contributed by atoms with Gasteiger partial charge in [0, 0.05) is 18.7 Å². The van der Waals surface area contributed by atoms with Crippen molar-refractivity contribution in [3.63, 3.8) is 0 Å². The second-order valence-corrected chi connectivity index (χ2v) is 6.81. The van der Waals surface area contributed by atoms with Crippen molar-refractivity contribution in [1.29, 1.82) is 0 Å². The van der Waals surface area contributed by atoms with Gasteiger partial charge in [-0.15, -0.1) is 0 Å². The van der Waals surface area contributed by atoms with Crippen LogP contribution in [-0.2, 0) is 6.54 Å². The van der Waals surface area contributed by atoms with E-state index in [1.165, 1.54) is 25.6 Å². The van der Waals surface area contributed by atoms with E-state index < -0.39 is 0 Å². The molecule has 6 nitrogen and oxygen atoms in total. The largest absolute Gasteiger partial charge is 0.370 e. The first-order valence-electron chi connectivity index (χ1n) is 9.36. The smallest absolute Gasteiger partial charge is 0.255 e. The molecule has 3 aromatic rings. The van der Waals surface area contributed by atoms with Gasteiger partial charge in [-0.25, -0.2) is 9.67 Å². The number of nitrogens with one attached hydrogen (secondary N) is 1. The summed E-state index contributed by atoms with van der Waals surface area (Å²) in [5, 5.41) is 7.18. The number of para-hydroxylation sites is 2. The highest BCUT2D eigenvalue weighted by Gasteiger charge is 2.16. The lowest BCUT2D eigenvalue weighted by Crippen LogP contribution is -2.30. The minimum absolute atomic E-state index is 0.0910. The quantitative estimate of drug-likeness (QED) is 0.755. The molecule has 1 aliphatic rings. The number of carbonyl (C=O) groups is 1. The number of hydrogen-bond donors (Lipinski definition) is 1. The van der Waals surface area contributed by atoms with Crippen molar-refractivity contribution in [2.45, 2.75) is 25.8 Å². The third kappa shape index (κ3) is 4.16. The number of amides is 1. The lowest BCUT2D eigenvalue weighted by molar-refractivity contribution is 0.102. The fraction of sp³-hybridized carbons (Fsp3) is 0.286. The predicted octanol–water partition coefficient (Wildman–Crippen LogP) is 3.57. The number of piperidine rings is 1. The zero-order valence-corrected chi connectivity index (χ0v) is 15.2. The Balaban J connectivity index is 1.46. The van der Waals surface area contributed by atoms with E-state index in [-0.39, 0.29) is 5.91 Å². The minimum atomic E-state index is -0.0910. The summed E-state index contributed by atoms with van der Waals surface area (Å²) in [6.07, 6.45) is 6.89. The molecule has 0 spiro atoms. The summed E-state index contributed by atoms with van der Waals surface area (Å²) in [6.45, 7) is 2.73. The average Bonchev–Trinajstić information content (AvgIpc) is 3.23. The van der Waals surface area contributed by atoms with Gasteiger partial charge < -0.3 is 10.2 Å². The molecular weight excluding hydrogens is 338 g/mol. The third-order valence-corrected chi connectivity index (χ3v) is 4.88. The van der Waals surface area contributed by atoms with E-state index in [2.05, 4.69) is 26.4 Å². The van der Waals surface area contributed by atoms with E-state index in [9.17, 15) is 4.79 Å². The molecule has 27 heavy (non-hydrogen) atoms. The lowest BCUT2D eigenvalue weighted by atomic mass is 10.1. The Labute approximate surface area is 158 Å². The minimum Gasteiger partial charge on any atom is -0.370 e. The van der Waals surface area contributed by atoms with Crippen LogP contribution in [0.5, 0.6) is 0 Å². The second-order valence-electron chi connectivity index (χ2n) is 6.81. The van der Waals surface area contributed by atoms with E-state index in [0.717, 1.165) is 30.0 Å². The highest BCUT2D eigenvalue weighted by atomic mass is 16.1. The Kier molecular flexibility index (Phi) is 5.14. The molecule has 2 heterocycles. The molecule has 1 saturated heterocycles. The fourth-order valence-electron chi connectivity index (χ4n) is 3.45. The number of carbonyl (C=O) groups excluding carboxylic acids is 1. The Bertz CT molecular complexity index is 883. The summed E-state index contributed by atoms with van der Waals surface area (Å²) in [6, 6.07) is 15.7. The predicted molar refractivity (Wildman–Crippen MR) is 106 cm³/mol. The molecule has 0 aliphatic carbocycles. The van der Waals surface area contributed by atoms with Crippen LogP contribution in [0.4, 0.5) is 11.4 Å². The van der Waals surface area contributed by atoms with Crippen molar-refractivity contribution >= 4 is 17.3 Å². The molecule has 0 unspecified atom stereocenters. The third-order valence-electron chi connectivity index (χ3n) is 4.88. The zero-order chi connectivity index (χ0) is 18.5. The summed E-state index contributed by atoms with van der Waals surface area (Å²) in [5.41, 5.74) is 3.70. The maximum atomic E-state index is 12.7. The van der Waals surface area contributed by atoms with E-state index in [0.29, 0.717) is 12.1 Å². The van der Waals surface area contributed by atoms with Gasteiger partial charge in [-0.3, -0.25) is 4.79 Å². The Hall–Kier alpha value is -3.15. The molecule has 1 aliphatic heterocycles. The molecule has 1 fully saturated rings. The van der Waals surface area contributed by atoms with Crippen molar-refractivity contribution in [3.8, 4) is 0 Å². The first kappa shape index (κ1) is 17.3. The van der Waals surface area contributed by atoms with Crippen molar-refractivity contribution in [2.75, 3.05) is 23.3 Å². The van der Waals surface area contributed by atoms with Crippen LogP contribution in [0.25, 0.3) is 0 Å². The summed E-state index contributed by atoms with van der Waals surface area (Å²) >= 11 is 0. The first-order chi connectivity index (χ1) is 13.3. The van der Waals surface area contributed by atoms with Crippen molar-refractivity contribution in [3.05, 3.63) is 72.3 Å². The van der Waals surface area contributed by atoms with Gasteiger partial charge in [0.2, 0.25) is 0 Å². The zero-order valence-electron chi connectivity index (χ0n) is 15.2. The fourth-order valence-corrected chi connectivity index (χ4v) is 3.45. The van der Waals surface area contributed by atoms with Crippen LogP contribution in [0, 0.1) is 0 Å². The van der Waals surface area contributed by atoms with E-state index in [1.807, 2.05) is 42.5 Å². The number of rotatable bonds is 5. The molecule has 1 aromatic heterocycles. The number of nitrogens with zero attached hydrogens (tertiary/aromatic N) is 4. The summed E-state index contributed by atoms with van der Waals surface area (Å²) < 4.78 is 1.75. The molecule has 1 N–H and O–H groups in total. The molecule has 2 aromatic carbocycles. The highest BCUT2D eigenvalue weighted by molar-refractivity contribution is 6.06. The first-order valence-corrected chi connectivity index (χ1v) is 9.36. The van der Waals surface area contributed by atoms with Crippen LogP contribution in [0.15, 0.2) is 61.2 Å². The van der Waals surface area contributed by atoms with Crippen LogP contribution in [-0.4, -0.2) is 33.8 Å². The second kappa shape index (κ2) is 8.03. The van der Waals surface area contributed by atoms with Crippen molar-refractivity contribution in [2.24, 2.45) is 0 Å². The van der Waals surface area contributed by atoms with Gasteiger partial charge in [-0.2, -0.15) is 5.10 Å². The molecule has 0 saturated carbocycles. The summed E-state index contributed by atoms with van der Waals surface area (Å²) in [4.78, 5) is 19.0. The van der Waals surface area contributed by atoms with Crippen LogP contribution in [0.3, 0.4) is 0 Å². The Morgan fingerprint density at radius 1 is 1.00 bits per heavy atom. The maximum absolute atomic E-state index is 12.7. The van der Waals surface area contributed by atoms with E-state index in [4.69, 9.17) is 0 Å². The standard InChI is InChI=1S/C21H23N5O/c27-21(18-10-8-17(9-11-18)14-26-16-22-15-23-26)24-19-6-2-3-7-20(19)25-12-4-1-5-13-25/h2-3,6-11,15-16H,1,4-5,12-14H2,(H,24,27). The van der Waals surface area contributed by atoms with Crippen LogP contribution in [0.2, 0.25) is 0 Å². The topological polar surface area (TPSA) is 63.1 Å². The Morgan fingerprint density at radius 3 is 2.52 bits per heavy atom. The monoisotopic (exact) mass is 361 g/mol. The molecule has 0 radical (unpaired) electrons. The maximum Gasteiger partial charge on any atom is 0.255 e. The van der Waals surface area contributed by atoms with Crippen LogP contribution < -0.4 is 10.2 Å². The Morgan fingerprint density at radius 2 is 1.78 bits per heavy atom. The average molecular weight is 361 g/mol. The van der Waals surface area contributed by atoms with E-state index in [1.54, 1.807) is 11.0 Å². The highest BCUT2D eigenvalue weighted by Crippen LogP contribution is 2.28. The van der Waals surface area contributed by atoms with Gasteiger partial charge in [0.1, 0.15) is 12.7 Å². The van der Waals surface area contributed by atoms with Crippen LogP contribution >= 0.6 is 0 Å². The molecule has 0 atom stereocenters. The van der Waals surface area contributed by atoms with Crippen molar-refractivity contribution < 1.29 is 4.79 Å². The molecule has 6 heteroatoms. The van der Waals surface area contributed by atoms with Gasteiger partial charge in [0.25, 0.3) is 5.91 Å². The number of benzene rings is 2. The van der Waals surface area contributed by atoms with E-state index >= 15 is 0 Å². The molecular formula is C21H23N5O.